The molecular formula is C18H18BrF2O3PS. The van der Waals surface area contributed by atoms with Crippen molar-refractivity contribution in [1.82, 2.24) is 0 Å². The maximum absolute atomic E-state index is 13.9. The van der Waals surface area contributed by atoms with Gasteiger partial charge >= 0.3 is 13.3 Å². The highest BCUT2D eigenvalue weighted by Crippen LogP contribution is 2.60. The van der Waals surface area contributed by atoms with Crippen LogP contribution in [-0.2, 0) is 10.2 Å². The highest BCUT2D eigenvalue weighted by molar-refractivity contribution is 9.10. The van der Waals surface area contributed by atoms with Crippen molar-refractivity contribution in [3.63, 3.8) is 0 Å². The van der Waals surface area contributed by atoms with Crippen molar-refractivity contribution in [2.75, 3.05) is 5.75 Å². The molecule has 0 saturated heterocycles. The van der Waals surface area contributed by atoms with E-state index in [0.29, 0.717) is 0 Å². The number of alkyl halides is 2. The van der Waals surface area contributed by atoms with E-state index in [-0.39, 0.29) is 9.72 Å². The second-order valence-corrected chi connectivity index (χ2v) is 9.49. The lowest BCUT2D eigenvalue weighted by molar-refractivity contribution is 0.0557. The SMILES string of the molecule is CC(SCC=Cc1ccccc1)c1ccc(C(F)(F)P(=O)(O)O)c(Br)c1. The molecule has 0 aliphatic heterocycles. The van der Waals surface area contributed by atoms with Crippen LogP contribution in [0.4, 0.5) is 8.78 Å². The molecule has 0 saturated carbocycles. The quantitative estimate of drug-likeness (QED) is 0.482. The maximum Gasteiger partial charge on any atom is 0.399 e. The molecule has 2 rings (SSSR count). The standard InChI is InChI=1S/C18H18BrF2O3PS/c1-13(26-11-5-8-14-6-3-2-4-7-14)15-9-10-16(17(19)12-15)18(20,21)25(22,23)24/h2-10,12-13H,11H2,1H3,(H2,22,23,24). The third kappa shape index (κ3) is 5.27. The van der Waals surface area contributed by atoms with Crippen LogP contribution < -0.4 is 0 Å². The Hall–Kier alpha value is -0.980. The molecule has 140 valence electrons. The summed E-state index contributed by atoms with van der Waals surface area (Å²) in [5, 5.41) is 0.0319. The molecule has 0 amide bonds. The molecule has 2 aromatic carbocycles. The van der Waals surface area contributed by atoms with Crippen LogP contribution in [0, 0.1) is 0 Å². The lowest BCUT2D eigenvalue weighted by Gasteiger charge is -2.20. The zero-order chi connectivity index (χ0) is 19.4. The number of rotatable bonds is 7. The Balaban J connectivity index is 2.04. The smallest absolute Gasteiger partial charge is 0.320 e. The fourth-order valence-corrected chi connectivity index (χ4v) is 4.37. The van der Waals surface area contributed by atoms with E-state index in [4.69, 9.17) is 9.79 Å². The zero-order valence-corrected chi connectivity index (χ0v) is 17.1. The average molecular weight is 463 g/mol. The summed E-state index contributed by atoms with van der Waals surface area (Å²) in [6.45, 7) is 1.95. The summed E-state index contributed by atoms with van der Waals surface area (Å²) in [6.07, 6.45) is 4.04. The summed E-state index contributed by atoms with van der Waals surface area (Å²) in [5.41, 5.74) is -3.04. The van der Waals surface area contributed by atoms with Crippen LogP contribution in [-0.4, -0.2) is 15.5 Å². The van der Waals surface area contributed by atoms with Crippen LogP contribution in [0.25, 0.3) is 6.08 Å². The van der Waals surface area contributed by atoms with Gasteiger partial charge in [-0.1, -0.05) is 70.5 Å². The van der Waals surface area contributed by atoms with Crippen LogP contribution in [0.1, 0.15) is 28.9 Å². The Morgan fingerprint density at radius 1 is 1.23 bits per heavy atom. The van der Waals surface area contributed by atoms with Gasteiger partial charge < -0.3 is 9.79 Å². The molecule has 0 aromatic heterocycles. The van der Waals surface area contributed by atoms with Gasteiger partial charge in [-0.15, -0.1) is 11.8 Å². The first kappa shape index (κ1) is 21.3. The molecule has 0 spiro atoms. The van der Waals surface area contributed by atoms with E-state index in [9.17, 15) is 13.3 Å². The summed E-state index contributed by atoms with van der Waals surface area (Å²) in [4.78, 5) is 17.7. The van der Waals surface area contributed by atoms with E-state index in [1.807, 2.05) is 49.4 Å². The van der Waals surface area contributed by atoms with Gasteiger partial charge in [0, 0.05) is 21.0 Å². The third-order valence-electron chi connectivity index (χ3n) is 3.70. The molecule has 0 bridgehead atoms. The molecule has 2 N–H and O–H groups in total. The first-order valence-corrected chi connectivity index (χ1v) is 11.1. The Kier molecular flexibility index (Phi) is 7.22. The first-order chi connectivity index (χ1) is 12.1. The lowest BCUT2D eigenvalue weighted by atomic mass is 10.1. The predicted molar refractivity (Wildman–Crippen MR) is 106 cm³/mol. The van der Waals surface area contributed by atoms with Crippen molar-refractivity contribution < 1.29 is 23.1 Å². The summed E-state index contributed by atoms with van der Waals surface area (Å²) in [7, 11) is -5.59. The maximum atomic E-state index is 13.9. The van der Waals surface area contributed by atoms with Gasteiger partial charge in [0.05, 0.1) is 0 Å². The monoisotopic (exact) mass is 462 g/mol. The molecule has 0 heterocycles. The Bertz CT molecular complexity index is 824. The van der Waals surface area contributed by atoms with Crippen molar-refractivity contribution in [1.29, 1.82) is 0 Å². The number of halogens is 3. The fraction of sp³-hybridized carbons (Fsp3) is 0.222. The molecule has 2 aromatic rings. The predicted octanol–water partition coefficient (Wildman–Crippen LogP) is 6.18. The zero-order valence-electron chi connectivity index (χ0n) is 13.8. The van der Waals surface area contributed by atoms with Gasteiger partial charge in [-0.05, 0) is 24.1 Å². The minimum atomic E-state index is -5.59. The summed E-state index contributed by atoms with van der Waals surface area (Å²) >= 11 is 4.64. The van der Waals surface area contributed by atoms with E-state index in [1.165, 1.54) is 12.1 Å². The molecule has 0 aliphatic carbocycles. The minimum Gasteiger partial charge on any atom is -0.320 e. The van der Waals surface area contributed by atoms with Gasteiger partial charge in [0.2, 0.25) is 0 Å². The second kappa shape index (κ2) is 8.81. The van der Waals surface area contributed by atoms with Gasteiger partial charge in [0.25, 0.3) is 0 Å². The molecular weight excluding hydrogens is 445 g/mol. The van der Waals surface area contributed by atoms with Crippen molar-refractivity contribution in [3.05, 3.63) is 75.8 Å². The third-order valence-corrected chi connectivity index (χ3v) is 6.49. The van der Waals surface area contributed by atoms with Crippen molar-refractivity contribution >= 4 is 41.4 Å². The molecule has 0 fully saturated rings. The molecule has 0 radical (unpaired) electrons. The van der Waals surface area contributed by atoms with Crippen LogP contribution in [0.5, 0.6) is 0 Å². The lowest BCUT2D eigenvalue weighted by Crippen LogP contribution is -2.14. The van der Waals surface area contributed by atoms with Gasteiger partial charge in [-0.3, -0.25) is 4.57 Å². The van der Waals surface area contributed by atoms with Gasteiger partial charge in [-0.25, -0.2) is 0 Å². The van der Waals surface area contributed by atoms with E-state index < -0.39 is 18.8 Å². The molecule has 26 heavy (non-hydrogen) atoms. The van der Waals surface area contributed by atoms with Crippen LogP contribution >= 0.6 is 35.3 Å². The largest absolute Gasteiger partial charge is 0.399 e. The van der Waals surface area contributed by atoms with Gasteiger partial charge in [-0.2, -0.15) is 8.78 Å². The summed E-state index contributed by atoms with van der Waals surface area (Å²) in [5.74, 6) is 0.744. The van der Waals surface area contributed by atoms with E-state index >= 15 is 0 Å². The normalized spacial score (nSPS) is 13.9. The van der Waals surface area contributed by atoms with Crippen LogP contribution in [0.3, 0.4) is 0 Å². The minimum absolute atomic E-state index is 0.0180. The van der Waals surface area contributed by atoms with Crippen molar-refractivity contribution in [2.24, 2.45) is 0 Å². The fourth-order valence-electron chi connectivity index (χ4n) is 2.23. The Labute approximate surface area is 163 Å². The molecule has 8 heteroatoms. The average Bonchev–Trinajstić information content (AvgIpc) is 2.58. The molecule has 1 atom stereocenters. The first-order valence-electron chi connectivity index (χ1n) is 7.69. The van der Waals surface area contributed by atoms with Crippen LogP contribution in [0.2, 0.25) is 0 Å². The summed E-state index contributed by atoms with van der Waals surface area (Å²) < 4.78 is 38.7. The number of thioether (sulfide) groups is 1. The van der Waals surface area contributed by atoms with Crippen molar-refractivity contribution in [3.8, 4) is 0 Å². The van der Waals surface area contributed by atoms with Gasteiger partial charge in [0.1, 0.15) is 0 Å². The van der Waals surface area contributed by atoms with Gasteiger partial charge in [0.15, 0.2) is 0 Å². The topological polar surface area (TPSA) is 57.5 Å². The van der Waals surface area contributed by atoms with E-state index in [2.05, 4.69) is 15.9 Å². The Morgan fingerprint density at radius 2 is 1.88 bits per heavy atom. The molecule has 1 unspecified atom stereocenters. The number of benzene rings is 2. The highest BCUT2D eigenvalue weighted by atomic mass is 79.9. The van der Waals surface area contributed by atoms with E-state index in [1.54, 1.807) is 11.8 Å². The Morgan fingerprint density at radius 3 is 2.46 bits per heavy atom. The number of hydrogen-bond donors (Lipinski definition) is 2. The highest BCUT2D eigenvalue weighted by Gasteiger charge is 2.51. The van der Waals surface area contributed by atoms with Crippen LogP contribution in [0.15, 0.2) is 59.1 Å². The molecule has 3 nitrogen and oxygen atoms in total. The molecule has 0 aliphatic rings. The van der Waals surface area contributed by atoms with E-state index in [0.717, 1.165) is 22.9 Å². The number of hydrogen-bond acceptors (Lipinski definition) is 2. The second-order valence-electron chi connectivity index (χ2n) is 5.61. The van der Waals surface area contributed by atoms with Crippen molar-refractivity contribution in [2.45, 2.75) is 17.8 Å². The summed E-state index contributed by atoms with van der Waals surface area (Å²) in [6, 6.07) is 13.9.